The number of carbonyl (C=O) groups is 2. The topological polar surface area (TPSA) is 61.8 Å². The van der Waals surface area contributed by atoms with E-state index in [4.69, 9.17) is 14.2 Å². The summed E-state index contributed by atoms with van der Waals surface area (Å²) >= 11 is 0. The van der Waals surface area contributed by atoms with E-state index >= 15 is 0 Å². The second-order valence-electron chi connectivity index (χ2n) is 5.64. The lowest BCUT2D eigenvalue weighted by Gasteiger charge is -2.35. The summed E-state index contributed by atoms with van der Waals surface area (Å²) in [6.07, 6.45) is 1.62. The number of hydrogen-bond acceptors (Lipinski definition) is 5. The normalized spacial score (nSPS) is 25.4. The molecule has 1 heterocycles. The minimum absolute atomic E-state index is 0.242. The van der Waals surface area contributed by atoms with Gasteiger partial charge in [-0.05, 0) is 20.8 Å². The van der Waals surface area contributed by atoms with Gasteiger partial charge >= 0.3 is 5.97 Å². The largest absolute Gasteiger partial charge is 0.467 e. The summed E-state index contributed by atoms with van der Waals surface area (Å²) in [7, 11) is 0. The van der Waals surface area contributed by atoms with E-state index in [1.807, 2.05) is 0 Å². The summed E-state index contributed by atoms with van der Waals surface area (Å²) in [5.74, 6) is -1.00. The Kier molecular flexibility index (Phi) is 4.16. The number of ether oxygens (including phenoxy) is 3. The molecule has 18 heavy (non-hydrogen) atoms. The van der Waals surface area contributed by atoms with Gasteiger partial charge in [0.05, 0.1) is 6.08 Å². The Balaban J connectivity index is 2.75. The van der Waals surface area contributed by atoms with Crippen molar-refractivity contribution in [1.82, 2.24) is 0 Å². The maximum Gasteiger partial charge on any atom is 0.334 e. The van der Waals surface area contributed by atoms with E-state index in [1.165, 1.54) is 6.08 Å². The van der Waals surface area contributed by atoms with Crippen LogP contribution in [0.4, 0.5) is 0 Å². The van der Waals surface area contributed by atoms with Gasteiger partial charge in [0, 0.05) is 20.3 Å². The molecule has 1 aliphatic heterocycles. The van der Waals surface area contributed by atoms with Crippen LogP contribution in [0.5, 0.6) is 0 Å². The Morgan fingerprint density at radius 1 is 1.44 bits per heavy atom. The summed E-state index contributed by atoms with van der Waals surface area (Å²) in [5, 5.41) is 0. The average Bonchev–Trinajstić information content (AvgIpc) is 2.11. The highest BCUT2D eigenvalue weighted by molar-refractivity contribution is 5.83. The predicted octanol–water partition coefficient (Wildman–Crippen LogP) is 1.95. The zero-order chi connectivity index (χ0) is 14.0. The molecule has 0 radical (unpaired) electrons. The fraction of sp³-hybridized carbons (Fsp3) is 0.692. The molecule has 102 valence electrons. The molecule has 0 aliphatic carbocycles. The van der Waals surface area contributed by atoms with Crippen molar-refractivity contribution >= 4 is 12.3 Å². The molecule has 0 aromatic heterocycles. The van der Waals surface area contributed by atoms with Crippen LogP contribution in [-0.2, 0) is 23.8 Å². The summed E-state index contributed by atoms with van der Waals surface area (Å²) in [6, 6.07) is 0. The van der Waals surface area contributed by atoms with E-state index in [0.717, 1.165) is 0 Å². The molecule has 0 amide bonds. The zero-order valence-electron chi connectivity index (χ0n) is 11.5. The van der Waals surface area contributed by atoms with Crippen molar-refractivity contribution in [2.24, 2.45) is 0 Å². The van der Waals surface area contributed by atoms with Gasteiger partial charge in [-0.15, -0.1) is 0 Å². The quantitative estimate of drug-likeness (QED) is 0.429. The molecule has 1 atom stereocenters. The van der Waals surface area contributed by atoms with Gasteiger partial charge in [-0.3, -0.25) is 0 Å². The molecule has 0 aromatic carbocycles. The molecule has 0 bridgehead atoms. The molecule has 0 unspecified atom stereocenters. The molecule has 0 aromatic rings. The van der Waals surface area contributed by atoms with Crippen molar-refractivity contribution in [1.29, 1.82) is 0 Å². The van der Waals surface area contributed by atoms with Crippen molar-refractivity contribution in [2.45, 2.75) is 58.5 Å². The number of carbonyl (C=O) groups excluding carboxylic acids is 2. The van der Waals surface area contributed by atoms with Gasteiger partial charge in [-0.2, -0.15) is 0 Å². The van der Waals surface area contributed by atoms with Crippen molar-refractivity contribution in [3.63, 3.8) is 0 Å². The van der Waals surface area contributed by atoms with E-state index in [-0.39, 0.29) is 6.42 Å². The SMILES string of the molecule is CC(C)(C)OC(=O)/C=C1/C[C@@H](C=O)OC(C)(C)O1. The Bertz CT molecular complexity index is 362. The van der Waals surface area contributed by atoms with Crippen molar-refractivity contribution < 1.29 is 23.8 Å². The highest BCUT2D eigenvalue weighted by atomic mass is 16.7. The minimum Gasteiger partial charge on any atom is -0.467 e. The minimum atomic E-state index is -0.919. The maximum atomic E-state index is 11.6. The lowest BCUT2D eigenvalue weighted by molar-refractivity contribution is -0.239. The van der Waals surface area contributed by atoms with E-state index in [2.05, 4.69) is 0 Å². The first-order valence-electron chi connectivity index (χ1n) is 5.87. The average molecular weight is 256 g/mol. The number of hydrogen-bond donors (Lipinski definition) is 0. The molecular formula is C13H20O5. The van der Waals surface area contributed by atoms with Crippen LogP contribution in [0.25, 0.3) is 0 Å². The molecular weight excluding hydrogens is 236 g/mol. The van der Waals surface area contributed by atoms with E-state index < -0.39 is 23.5 Å². The van der Waals surface area contributed by atoms with Gasteiger partial charge in [0.1, 0.15) is 23.8 Å². The van der Waals surface area contributed by atoms with Crippen molar-refractivity contribution in [3.8, 4) is 0 Å². The van der Waals surface area contributed by atoms with E-state index in [9.17, 15) is 9.59 Å². The number of esters is 1. The molecule has 1 rings (SSSR count). The van der Waals surface area contributed by atoms with Crippen LogP contribution in [0.15, 0.2) is 11.8 Å². The molecule has 0 saturated carbocycles. The third kappa shape index (κ3) is 4.87. The van der Waals surface area contributed by atoms with Gasteiger partial charge < -0.3 is 19.0 Å². The fourth-order valence-electron chi connectivity index (χ4n) is 1.61. The Morgan fingerprint density at radius 3 is 2.56 bits per heavy atom. The Hall–Kier alpha value is -1.36. The van der Waals surface area contributed by atoms with Crippen LogP contribution in [0.1, 0.15) is 41.0 Å². The van der Waals surface area contributed by atoms with Crippen molar-refractivity contribution in [3.05, 3.63) is 11.8 Å². The molecule has 5 nitrogen and oxygen atoms in total. The summed E-state index contributed by atoms with van der Waals surface area (Å²) in [4.78, 5) is 22.4. The zero-order valence-corrected chi connectivity index (χ0v) is 11.5. The third-order valence-corrected chi connectivity index (χ3v) is 2.05. The Labute approximate surface area is 107 Å². The van der Waals surface area contributed by atoms with Gasteiger partial charge in [0.2, 0.25) is 5.79 Å². The number of rotatable bonds is 2. The molecule has 1 saturated heterocycles. The highest BCUT2D eigenvalue weighted by Crippen LogP contribution is 2.28. The van der Waals surface area contributed by atoms with Gasteiger partial charge in [-0.1, -0.05) is 0 Å². The van der Waals surface area contributed by atoms with Crippen LogP contribution in [-0.4, -0.2) is 29.7 Å². The lowest BCUT2D eigenvalue weighted by Crippen LogP contribution is -2.39. The van der Waals surface area contributed by atoms with Crippen LogP contribution in [0.3, 0.4) is 0 Å². The second kappa shape index (κ2) is 5.10. The van der Waals surface area contributed by atoms with Crippen molar-refractivity contribution in [2.75, 3.05) is 0 Å². The highest BCUT2D eigenvalue weighted by Gasteiger charge is 2.33. The number of aldehydes is 1. The fourth-order valence-corrected chi connectivity index (χ4v) is 1.61. The van der Waals surface area contributed by atoms with Crippen LogP contribution < -0.4 is 0 Å². The second-order valence-corrected chi connectivity index (χ2v) is 5.64. The predicted molar refractivity (Wildman–Crippen MR) is 64.6 cm³/mol. The molecule has 1 aliphatic rings. The Morgan fingerprint density at radius 2 is 2.06 bits per heavy atom. The van der Waals surface area contributed by atoms with E-state index in [1.54, 1.807) is 34.6 Å². The van der Waals surface area contributed by atoms with Gasteiger partial charge in [0.15, 0.2) is 0 Å². The van der Waals surface area contributed by atoms with Crippen LogP contribution in [0, 0.1) is 0 Å². The summed E-state index contributed by atoms with van der Waals surface area (Å²) in [6.45, 7) is 8.72. The molecule has 0 spiro atoms. The third-order valence-electron chi connectivity index (χ3n) is 2.05. The standard InChI is InChI=1S/C13H20O5/c1-12(2,3)18-11(15)7-9-6-10(8-14)17-13(4,5)16-9/h7-8,10H,6H2,1-5H3/b9-7-/t10-/m0/s1. The first-order valence-corrected chi connectivity index (χ1v) is 5.87. The molecule has 1 fully saturated rings. The monoisotopic (exact) mass is 256 g/mol. The van der Waals surface area contributed by atoms with E-state index in [0.29, 0.717) is 12.0 Å². The first kappa shape index (κ1) is 14.7. The lowest BCUT2D eigenvalue weighted by atomic mass is 10.1. The first-order chi connectivity index (χ1) is 8.11. The smallest absolute Gasteiger partial charge is 0.334 e. The van der Waals surface area contributed by atoms with Gasteiger partial charge in [-0.25, -0.2) is 4.79 Å². The van der Waals surface area contributed by atoms with Crippen LogP contribution in [0.2, 0.25) is 0 Å². The molecule has 0 N–H and O–H groups in total. The van der Waals surface area contributed by atoms with Gasteiger partial charge in [0.25, 0.3) is 0 Å². The molecule has 5 heteroatoms. The summed E-state index contributed by atoms with van der Waals surface area (Å²) in [5.41, 5.74) is -0.557. The summed E-state index contributed by atoms with van der Waals surface area (Å²) < 4.78 is 16.0. The maximum absolute atomic E-state index is 11.6. The van der Waals surface area contributed by atoms with Crippen LogP contribution >= 0.6 is 0 Å².